The van der Waals surface area contributed by atoms with E-state index in [0.29, 0.717) is 27.5 Å². The van der Waals surface area contributed by atoms with E-state index in [0.717, 1.165) is 0 Å². The Bertz CT molecular complexity index is 1870. The van der Waals surface area contributed by atoms with Crippen LogP contribution >= 0.6 is 0 Å². The number of rotatable bonds is 30. The third-order valence-corrected chi connectivity index (χ3v) is 11.2. The Labute approximate surface area is 406 Å². The molecule has 1 aliphatic rings. The highest BCUT2D eigenvalue weighted by Gasteiger charge is 2.34. The van der Waals surface area contributed by atoms with Gasteiger partial charge in [-0.05, 0) is 38.5 Å². The molecule has 0 spiro atoms. The van der Waals surface area contributed by atoms with E-state index in [1.807, 2.05) is 6.92 Å². The van der Waals surface area contributed by atoms with Crippen molar-refractivity contribution in [3.05, 3.63) is 0 Å². The van der Waals surface area contributed by atoms with Gasteiger partial charge in [-0.25, -0.2) is 0 Å². The fraction of sp³-hybridized carbons (Fsp3) is 0.690. The van der Waals surface area contributed by atoms with Crippen LogP contribution in [-0.2, 0) is 62.3 Å². The average molecular weight is 1020 g/mol. The highest BCUT2D eigenvalue weighted by atomic mass is 16.4. The van der Waals surface area contributed by atoms with Crippen LogP contribution in [0.5, 0.6) is 0 Å². The number of hydrogen-bond donors (Lipinski definition) is 9. The zero-order chi connectivity index (χ0) is 54.0. The van der Waals surface area contributed by atoms with Crippen molar-refractivity contribution in [3.8, 4) is 0 Å². The molecule has 0 aliphatic carbocycles. The number of carboxylic acid groups (broad SMARTS) is 9. The normalized spacial score (nSPS) is 15.3. The second kappa shape index (κ2) is 32.0. The van der Waals surface area contributed by atoms with Crippen LogP contribution in [0.2, 0.25) is 0 Å². The molecule has 400 valence electrons. The smallest absolute Gasteiger partial charge is 0.320 e. The second-order valence-corrected chi connectivity index (χ2v) is 16.6. The Kier molecular flexibility index (Phi) is 27.9. The quantitative estimate of drug-likeness (QED) is 0.0356. The monoisotopic (exact) mass is 1020 g/mol. The summed E-state index contributed by atoms with van der Waals surface area (Å²) in [6, 6.07) is -5.24. The first-order chi connectivity index (χ1) is 33.3. The SMILES string of the molecule is CCCCC(=O)N1CCCN(C(=O)CCC(C(=O)O)N(CC(=O)O)CC(=O)O)CCN(C(=O)CCC(C(=O)O)N(CC(=O)O)CC(=O)O)CCCN(C(=O)CCC(C(=O)O)N(CC(=O)O)CC(=O)O)CC1. The van der Waals surface area contributed by atoms with E-state index >= 15 is 0 Å². The molecule has 1 fully saturated rings. The Morgan fingerprint density at radius 1 is 0.352 bits per heavy atom. The molecule has 1 aliphatic heterocycles. The number of carboxylic acids is 9. The summed E-state index contributed by atoms with van der Waals surface area (Å²) in [5.41, 5.74) is 0. The maximum atomic E-state index is 14.0. The number of carbonyl (C=O) groups excluding carboxylic acids is 4. The van der Waals surface area contributed by atoms with Crippen molar-refractivity contribution in [1.82, 2.24) is 34.3 Å². The molecule has 1 rings (SSSR count). The van der Waals surface area contributed by atoms with Gasteiger partial charge in [0.15, 0.2) is 0 Å². The van der Waals surface area contributed by atoms with Crippen molar-refractivity contribution in [3.63, 3.8) is 0 Å². The van der Waals surface area contributed by atoms with Crippen LogP contribution in [0.1, 0.15) is 77.6 Å². The first kappa shape index (κ1) is 62.0. The number of aliphatic carboxylic acids is 9. The molecule has 1 heterocycles. The van der Waals surface area contributed by atoms with Gasteiger partial charge in [0.25, 0.3) is 0 Å². The second-order valence-electron chi connectivity index (χ2n) is 16.6. The van der Waals surface area contributed by atoms with Gasteiger partial charge >= 0.3 is 53.7 Å². The highest BCUT2D eigenvalue weighted by Crippen LogP contribution is 2.16. The summed E-state index contributed by atoms with van der Waals surface area (Å²) in [6.07, 6.45) is -2.16. The third-order valence-electron chi connectivity index (χ3n) is 11.2. The molecule has 9 N–H and O–H groups in total. The van der Waals surface area contributed by atoms with Crippen LogP contribution in [0.3, 0.4) is 0 Å². The van der Waals surface area contributed by atoms with E-state index in [-0.39, 0.29) is 77.5 Å². The molecule has 0 aromatic carbocycles. The predicted octanol–water partition coefficient (Wildman–Crippen LogP) is -2.60. The van der Waals surface area contributed by atoms with Crippen molar-refractivity contribution in [2.45, 2.75) is 95.7 Å². The Balaban J connectivity index is 3.71. The van der Waals surface area contributed by atoms with Gasteiger partial charge < -0.3 is 65.6 Å². The van der Waals surface area contributed by atoms with Gasteiger partial charge in [-0.1, -0.05) is 13.3 Å². The van der Waals surface area contributed by atoms with Gasteiger partial charge in [0.1, 0.15) is 18.1 Å². The minimum atomic E-state index is -1.78. The molecule has 1 saturated heterocycles. The van der Waals surface area contributed by atoms with Crippen molar-refractivity contribution in [2.24, 2.45) is 0 Å². The Morgan fingerprint density at radius 2 is 0.563 bits per heavy atom. The van der Waals surface area contributed by atoms with Gasteiger partial charge in [0.05, 0.1) is 39.3 Å². The molecule has 0 aromatic heterocycles. The maximum Gasteiger partial charge on any atom is 0.320 e. The largest absolute Gasteiger partial charge is 0.480 e. The minimum Gasteiger partial charge on any atom is -0.480 e. The molecule has 0 radical (unpaired) electrons. The summed E-state index contributed by atoms with van der Waals surface area (Å²) in [7, 11) is 0. The molecule has 71 heavy (non-hydrogen) atoms. The summed E-state index contributed by atoms with van der Waals surface area (Å²) < 4.78 is 0. The lowest BCUT2D eigenvalue weighted by Crippen LogP contribution is -2.49. The standard InChI is InChI=1S/C42H65N7O22/c1-2-3-6-30(50)43-13-4-14-45(32(52)11-8-28(41(68)69)48(23-36(58)59)24-37(60)61)19-20-46(33(53)12-9-29(42(70)71)49(25-38(62)63)26-39(64)65)16-5-15-44(18-17-43)31(51)10-7-27(40(66)67)47(21-34(54)55)22-35(56)57/h27-29H,2-26H2,1H3,(H,54,55)(H,56,57)(H,58,59)(H,60,61)(H,62,63)(H,64,65)(H,66,67)(H,68,69)(H,70,71). The van der Waals surface area contributed by atoms with Crippen molar-refractivity contribution in [2.75, 3.05) is 91.6 Å². The van der Waals surface area contributed by atoms with Crippen LogP contribution in [0, 0.1) is 0 Å². The van der Waals surface area contributed by atoms with Gasteiger partial charge in [-0.3, -0.25) is 77.0 Å². The summed E-state index contributed by atoms with van der Waals surface area (Å²) >= 11 is 0. The predicted molar refractivity (Wildman–Crippen MR) is 238 cm³/mol. The summed E-state index contributed by atoms with van der Waals surface area (Å²) in [6.45, 7) is -5.50. The minimum absolute atomic E-state index is 0.0139. The fourth-order valence-corrected chi connectivity index (χ4v) is 7.83. The van der Waals surface area contributed by atoms with Crippen LogP contribution < -0.4 is 0 Å². The van der Waals surface area contributed by atoms with E-state index in [1.54, 1.807) is 0 Å². The third kappa shape index (κ3) is 24.4. The zero-order valence-corrected chi connectivity index (χ0v) is 39.4. The van der Waals surface area contributed by atoms with E-state index in [9.17, 15) is 108 Å². The summed E-state index contributed by atoms with van der Waals surface area (Å²) in [4.78, 5) is 168. The molecular weight excluding hydrogens is 954 g/mol. The molecule has 0 aromatic rings. The van der Waals surface area contributed by atoms with E-state index in [2.05, 4.69) is 0 Å². The zero-order valence-electron chi connectivity index (χ0n) is 39.4. The first-order valence-corrected chi connectivity index (χ1v) is 22.6. The first-order valence-electron chi connectivity index (χ1n) is 22.6. The van der Waals surface area contributed by atoms with Crippen molar-refractivity contribution < 1.29 is 108 Å². The molecular formula is C42H65N7O22. The maximum absolute atomic E-state index is 14.0. The molecule has 0 bridgehead atoms. The lowest BCUT2D eigenvalue weighted by atomic mass is 10.1. The Hall–Kier alpha value is -7.01. The molecule has 29 heteroatoms. The van der Waals surface area contributed by atoms with Crippen LogP contribution in [0.25, 0.3) is 0 Å². The van der Waals surface area contributed by atoms with Crippen LogP contribution in [0.4, 0.5) is 0 Å². The van der Waals surface area contributed by atoms with Crippen LogP contribution in [-0.4, -0.2) is 267 Å². The number of hydrogen-bond acceptors (Lipinski definition) is 16. The lowest BCUT2D eigenvalue weighted by molar-refractivity contribution is -0.152. The topological polar surface area (TPSA) is 427 Å². The Morgan fingerprint density at radius 3 is 0.746 bits per heavy atom. The number of carbonyl (C=O) groups is 13. The summed E-state index contributed by atoms with van der Waals surface area (Å²) in [5, 5.41) is 85.7. The molecule has 3 unspecified atom stereocenters. The van der Waals surface area contributed by atoms with E-state index in [4.69, 9.17) is 0 Å². The molecule has 4 amide bonds. The molecule has 0 saturated carbocycles. The fourth-order valence-electron chi connectivity index (χ4n) is 7.83. The molecule has 29 nitrogen and oxygen atoms in total. The number of unbranched alkanes of at least 4 members (excludes halogenated alkanes) is 1. The summed E-state index contributed by atoms with van der Waals surface area (Å²) in [5.74, 6) is -16.6. The van der Waals surface area contributed by atoms with Gasteiger partial charge in [-0.15, -0.1) is 0 Å². The van der Waals surface area contributed by atoms with Crippen molar-refractivity contribution >= 4 is 77.4 Å². The van der Waals surface area contributed by atoms with E-state index in [1.165, 1.54) is 19.6 Å². The van der Waals surface area contributed by atoms with Crippen molar-refractivity contribution in [1.29, 1.82) is 0 Å². The number of amides is 4. The van der Waals surface area contributed by atoms with Gasteiger partial charge in [0, 0.05) is 78.0 Å². The van der Waals surface area contributed by atoms with Gasteiger partial charge in [-0.2, -0.15) is 0 Å². The molecule has 3 atom stereocenters. The van der Waals surface area contributed by atoms with E-state index < -0.39 is 167 Å². The highest BCUT2D eigenvalue weighted by molar-refractivity contribution is 5.83. The van der Waals surface area contributed by atoms with Crippen LogP contribution in [0.15, 0.2) is 0 Å². The lowest BCUT2D eigenvalue weighted by Gasteiger charge is -2.33. The van der Waals surface area contributed by atoms with Gasteiger partial charge in [0.2, 0.25) is 23.6 Å². The number of nitrogens with zero attached hydrogens (tertiary/aromatic N) is 7. The average Bonchev–Trinajstić information content (AvgIpc) is 3.24.